The van der Waals surface area contributed by atoms with E-state index < -0.39 is 0 Å². The number of carbonyl (C=O) groups excluding carboxylic acids is 1. The average molecular weight is 363 g/mol. The van der Waals surface area contributed by atoms with Crippen molar-refractivity contribution in [2.75, 3.05) is 0 Å². The van der Waals surface area contributed by atoms with Gasteiger partial charge >= 0.3 is 0 Å². The summed E-state index contributed by atoms with van der Waals surface area (Å²) < 4.78 is 1.22. The minimum absolute atomic E-state index is 0.125. The topological polar surface area (TPSA) is 84.0 Å². The van der Waals surface area contributed by atoms with Gasteiger partial charge in [-0.15, -0.1) is 0 Å². The van der Waals surface area contributed by atoms with Gasteiger partial charge in [-0.3, -0.25) is 19.5 Å². The molecule has 1 fully saturated rings. The number of benzene rings is 2. The van der Waals surface area contributed by atoms with E-state index in [1.165, 1.54) is 4.68 Å². The molecule has 6 nitrogen and oxygen atoms in total. The molecule has 6 heteroatoms. The zero-order chi connectivity index (χ0) is 18.9. The maximum Gasteiger partial charge on any atom is 0.273 e. The highest BCUT2D eigenvalue weighted by Gasteiger charge is 2.39. The number of aromatic nitrogens is 2. The molecule has 2 N–H and O–H groups in total. The first-order valence-electron chi connectivity index (χ1n) is 9.17. The number of nitrogens with zero attached hydrogens (tertiary/aromatic N) is 1. The van der Waals surface area contributed by atoms with Gasteiger partial charge in [0.15, 0.2) is 0 Å². The molecule has 3 aromatic rings. The van der Waals surface area contributed by atoms with Crippen molar-refractivity contribution in [1.82, 2.24) is 15.1 Å². The zero-order valence-electron chi connectivity index (χ0n) is 14.9. The number of carbonyl (C=O) groups is 1. The minimum Gasteiger partial charge on any atom is -0.347 e. The number of aryl methyl sites for hydroxylation is 1. The predicted molar refractivity (Wildman–Crippen MR) is 104 cm³/mol. The van der Waals surface area contributed by atoms with Crippen LogP contribution in [0.2, 0.25) is 0 Å². The third kappa shape index (κ3) is 3.18. The molecule has 1 amide bonds. The van der Waals surface area contributed by atoms with E-state index in [1.54, 1.807) is 24.3 Å². The lowest BCUT2D eigenvalue weighted by molar-refractivity contribution is -0.124. The Kier molecular flexibility index (Phi) is 4.39. The summed E-state index contributed by atoms with van der Waals surface area (Å²) in [7, 11) is 0. The zero-order valence-corrected chi connectivity index (χ0v) is 14.9. The molecule has 1 aliphatic carbocycles. The molecular weight excluding hydrogens is 342 g/mol. The van der Waals surface area contributed by atoms with Gasteiger partial charge in [0.2, 0.25) is 5.91 Å². The Balaban J connectivity index is 1.50. The van der Waals surface area contributed by atoms with E-state index in [0.717, 1.165) is 24.8 Å². The molecule has 0 radical (unpaired) electrons. The molecule has 4 rings (SSSR count). The molecule has 0 spiro atoms. The van der Waals surface area contributed by atoms with Crippen LogP contribution >= 0.6 is 0 Å². The maximum atomic E-state index is 12.5. The standard InChI is InChI=1S/C21H21N3O3/c25-18(22-21(12-6-13-21)15-7-2-1-3-8-15)11-14-24-20(27)17-10-5-4-9-16(17)19(26)23-24/h1-5,7-10H,6,11-14H2,(H,22,25)(H,23,26). The number of hydrogen-bond acceptors (Lipinski definition) is 3. The molecule has 138 valence electrons. The number of fused-ring (bicyclic) bond motifs is 1. The van der Waals surface area contributed by atoms with E-state index in [4.69, 9.17) is 0 Å². The molecule has 0 bridgehead atoms. The van der Waals surface area contributed by atoms with Crippen LogP contribution in [0.5, 0.6) is 0 Å². The number of amides is 1. The number of hydrogen-bond donors (Lipinski definition) is 2. The van der Waals surface area contributed by atoms with Crippen LogP contribution in [-0.2, 0) is 16.9 Å². The number of aromatic amines is 1. The second-order valence-corrected chi connectivity index (χ2v) is 7.04. The summed E-state index contributed by atoms with van der Waals surface area (Å²) in [5.41, 5.74) is 0.186. The van der Waals surface area contributed by atoms with Crippen molar-refractivity contribution < 1.29 is 4.79 Å². The lowest BCUT2D eigenvalue weighted by Gasteiger charge is -2.43. The molecule has 1 aliphatic rings. The summed E-state index contributed by atoms with van der Waals surface area (Å²) in [5.74, 6) is -0.125. The van der Waals surface area contributed by atoms with Crippen molar-refractivity contribution in [3.63, 3.8) is 0 Å². The number of rotatable bonds is 5. The van der Waals surface area contributed by atoms with E-state index in [2.05, 4.69) is 10.4 Å². The smallest absolute Gasteiger partial charge is 0.273 e. The summed E-state index contributed by atoms with van der Waals surface area (Å²) in [6.07, 6.45) is 3.03. The summed E-state index contributed by atoms with van der Waals surface area (Å²) in [6.45, 7) is 0.135. The SMILES string of the molecule is O=C(CCn1[nH]c(=O)c2ccccc2c1=O)NC1(c2ccccc2)CCC1. The fourth-order valence-corrected chi connectivity index (χ4v) is 3.72. The third-order valence-electron chi connectivity index (χ3n) is 5.36. The van der Waals surface area contributed by atoms with E-state index >= 15 is 0 Å². The number of nitrogens with one attached hydrogen (secondary N) is 2. The third-order valence-corrected chi connectivity index (χ3v) is 5.36. The monoisotopic (exact) mass is 363 g/mol. The van der Waals surface area contributed by atoms with Gasteiger partial charge in [0, 0.05) is 6.42 Å². The average Bonchev–Trinajstić information content (AvgIpc) is 2.67. The Labute approximate surface area is 155 Å². The van der Waals surface area contributed by atoms with Gasteiger partial charge in [-0.2, -0.15) is 0 Å². The molecule has 0 aliphatic heterocycles. The van der Waals surface area contributed by atoms with Crippen molar-refractivity contribution in [3.8, 4) is 0 Å². The van der Waals surface area contributed by atoms with Crippen LogP contribution in [0, 0.1) is 0 Å². The van der Waals surface area contributed by atoms with E-state index in [0.29, 0.717) is 10.8 Å². The van der Waals surface area contributed by atoms with Gasteiger partial charge in [0.1, 0.15) is 0 Å². The molecule has 1 aromatic heterocycles. The molecule has 1 saturated carbocycles. The van der Waals surface area contributed by atoms with Crippen molar-refractivity contribution in [2.24, 2.45) is 0 Å². The first kappa shape index (κ1) is 17.3. The van der Waals surface area contributed by atoms with E-state index in [1.807, 2.05) is 30.3 Å². The van der Waals surface area contributed by atoms with Gasteiger partial charge in [-0.05, 0) is 37.0 Å². The number of H-pyrrole nitrogens is 1. The van der Waals surface area contributed by atoms with Gasteiger partial charge in [0.05, 0.1) is 22.9 Å². The van der Waals surface area contributed by atoms with Crippen LogP contribution in [0.25, 0.3) is 10.8 Å². The fourth-order valence-electron chi connectivity index (χ4n) is 3.72. The second kappa shape index (κ2) is 6.87. The summed E-state index contributed by atoms with van der Waals surface area (Å²) in [4.78, 5) is 37.2. The second-order valence-electron chi connectivity index (χ2n) is 7.04. The highest BCUT2D eigenvalue weighted by Crippen LogP contribution is 2.41. The molecule has 27 heavy (non-hydrogen) atoms. The van der Waals surface area contributed by atoms with Crippen molar-refractivity contribution >= 4 is 16.7 Å². The Morgan fingerprint density at radius 1 is 1.00 bits per heavy atom. The lowest BCUT2D eigenvalue weighted by Crippen LogP contribution is -2.51. The van der Waals surface area contributed by atoms with Gasteiger partial charge < -0.3 is 5.32 Å². The van der Waals surface area contributed by atoms with Crippen LogP contribution < -0.4 is 16.4 Å². The highest BCUT2D eigenvalue weighted by atomic mass is 16.2. The van der Waals surface area contributed by atoms with Crippen molar-refractivity contribution in [1.29, 1.82) is 0 Å². The first-order chi connectivity index (χ1) is 13.1. The van der Waals surface area contributed by atoms with Gasteiger partial charge in [-0.25, -0.2) is 4.68 Å². The van der Waals surface area contributed by atoms with E-state index in [-0.39, 0.29) is 35.5 Å². The Hall–Kier alpha value is -3.15. The van der Waals surface area contributed by atoms with E-state index in [9.17, 15) is 14.4 Å². The molecule has 0 atom stereocenters. The molecule has 2 aromatic carbocycles. The quantitative estimate of drug-likeness (QED) is 0.729. The van der Waals surface area contributed by atoms with Crippen molar-refractivity contribution in [2.45, 2.75) is 37.8 Å². The predicted octanol–water partition coefficient (Wildman–Crippen LogP) is 2.28. The van der Waals surface area contributed by atoms with Crippen LogP contribution in [0.15, 0.2) is 64.2 Å². The largest absolute Gasteiger partial charge is 0.347 e. The summed E-state index contributed by atoms with van der Waals surface area (Å²) in [6, 6.07) is 16.7. The van der Waals surface area contributed by atoms with Gasteiger partial charge in [-0.1, -0.05) is 42.5 Å². The van der Waals surface area contributed by atoms with Crippen LogP contribution in [-0.4, -0.2) is 15.7 Å². The summed E-state index contributed by atoms with van der Waals surface area (Å²) in [5, 5.41) is 6.43. The molecular formula is C21H21N3O3. The van der Waals surface area contributed by atoms with Crippen LogP contribution in [0.4, 0.5) is 0 Å². The molecule has 1 heterocycles. The van der Waals surface area contributed by atoms with Crippen molar-refractivity contribution in [3.05, 3.63) is 80.9 Å². The first-order valence-corrected chi connectivity index (χ1v) is 9.17. The minimum atomic E-state index is -0.328. The van der Waals surface area contributed by atoms with Crippen LogP contribution in [0.1, 0.15) is 31.2 Å². The Morgan fingerprint density at radius 2 is 1.67 bits per heavy atom. The molecule has 0 unspecified atom stereocenters. The summed E-state index contributed by atoms with van der Waals surface area (Å²) >= 11 is 0. The fraction of sp³-hybridized carbons (Fsp3) is 0.286. The lowest BCUT2D eigenvalue weighted by atomic mass is 9.71. The maximum absolute atomic E-state index is 12.5. The Bertz CT molecular complexity index is 1090. The normalized spacial score (nSPS) is 15.3. The Morgan fingerprint density at radius 3 is 2.33 bits per heavy atom. The molecule has 0 saturated heterocycles. The van der Waals surface area contributed by atoms with Crippen LogP contribution in [0.3, 0.4) is 0 Å². The van der Waals surface area contributed by atoms with Gasteiger partial charge in [0.25, 0.3) is 11.1 Å². The highest BCUT2D eigenvalue weighted by molar-refractivity contribution is 5.80.